The predicted octanol–water partition coefficient (Wildman–Crippen LogP) is 1.98. The standard InChI is InChI=1S/C21H34N2O5/c1-16(14-24)22-18(25)13-17-9-5-3-2-4-6-10-19(26)28-15-21(23-20(17)27)11-7-8-12-21/h3,5,16-17,24H,2,4,6-15H2,1H3,(H,22,25)(H,23,27)/t16-,17-/m1/s1. The van der Waals surface area contributed by atoms with E-state index in [9.17, 15) is 14.4 Å². The molecule has 2 rings (SSSR count). The summed E-state index contributed by atoms with van der Waals surface area (Å²) < 4.78 is 5.48. The molecule has 0 aromatic rings. The van der Waals surface area contributed by atoms with E-state index in [2.05, 4.69) is 10.6 Å². The van der Waals surface area contributed by atoms with Crippen molar-refractivity contribution < 1.29 is 24.2 Å². The highest BCUT2D eigenvalue weighted by atomic mass is 16.5. The molecule has 0 bridgehead atoms. The molecule has 0 unspecified atom stereocenters. The van der Waals surface area contributed by atoms with Crippen molar-refractivity contribution >= 4 is 17.8 Å². The highest BCUT2D eigenvalue weighted by Crippen LogP contribution is 2.31. The minimum Gasteiger partial charge on any atom is -0.463 e. The number of aliphatic hydroxyl groups excluding tert-OH is 1. The molecule has 1 saturated carbocycles. The molecule has 1 aliphatic heterocycles. The van der Waals surface area contributed by atoms with Gasteiger partial charge in [-0.3, -0.25) is 14.4 Å². The van der Waals surface area contributed by atoms with Gasteiger partial charge < -0.3 is 20.5 Å². The monoisotopic (exact) mass is 394 g/mol. The zero-order valence-corrected chi connectivity index (χ0v) is 16.9. The van der Waals surface area contributed by atoms with Crippen LogP contribution >= 0.6 is 0 Å². The molecule has 0 radical (unpaired) electrons. The second kappa shape index (κ2) is 11.2. The van der Waals surface area contributed by atoms with Crippen molar-refractivity contribution in [3.8, 4) is 0 Å². The van der Waals surface area contributed by atoms with E-state index in [1.165, 1.54) is 0 Å². The van der Waals surface area contributed by atoms with Gasteiger partial charge >= 0.3 is 5.97 Å². The molecule has 28 heavy (non-hydrogen) atoms. The first-order chi connectivity index (χ1) is 13.4. The van der Waals surface area contributed by atoms with E-state index in [0.717, 1.165) is 44.9 Å². The van der Waals surface area contributed by atoms with Gasteiger partial charge in [0.1, 0.15) is 6.61 Å². The average Bonchev–Trinajstić information content (AvgIpc) is 3.12. The van der Waals surface area contributed by atoms with Crippen molar-refractivity contribution in [1.29, 1.82) is 0 Å². The summed E-state index contributed by atoms with van der Waals surface area (Å²) in [5.74, 6) is -1.12. The summed E-state index contributed by atoms with van der Waals surface area (Å²) in [4.78, 5) is 37.3. The summed E-state index contributed by atoms with van der Waals surface area (Å²) in [6.45, 7) is 1.78. The molecule has 2 amide bonds. The third kappa shape index (κ3) is 7.26. The highest BCUT2D eigenvalue weighted by molar-refractivity contribution is 5.86. The summed E-state index contributed by atoms with van der Waals surface area (Å²) in [6, 6.07) is -0.342. The molecule has 1 heterocycles. The van der Waals surface area contributed by atoms with Crippen LogP contribution in [0.5, 0.6) is 0 Å². The lowest BCUT2D eigenvalue weighted by Gasteiger charge is -2.31. The van der Waals surface area contributed by atoms with Crippen LogP contribution in [-0.4, -0.2) is 47.7 Å². The van der Waals surface area contributed by atoms with Gasteiger partial charge in [0.05, 0.1) is 18.1 Å². The van der Waals surface area contributed by atoms with E-state index in [1.807, 2.05) is 12.2 Å². The lowest BCUT2D eigenvalue weighted by molar-refractivity contribution is -0.147. The van der Waals surface area contributed by atoms with Crippen molar-refractivity contribution in [3.05, 3.63) is 12.2 Å². The molecule has 1 spiro atoms. The number of carbonyl (C=O) groups is 3. The maximum Gasteiger partial charge on any atom is 0.305 e. The molecule has 0 aromatic carbocycles. The van der Waals surface area contributed by atoms with E-state index in [1.54, 1.807) is 6.92 Å². The minimum atomic E-state index is -0.520. The van der Waals surface area contributed by atoms with Gasteiger partial charge in [0.25, 0.3) is 0 Å². The van der Waals surface area contributed by atoms with Crippen LogP contribution in [-0.2, 0) is 19.1 Å². The Morgan fingerprint density at radius 2 is 2.04 bits per heavy atom. The number of allylic oxidation sites excluding steroid dienone is 2. The Balaban J connectivity index is 2.10. The van der Waals surface area contributed by atoms with Crippen LogP contribution in [0.3, 0.4) is 0 Å². The fraction of sp³-hybridized carbons (Fsp3) is 0.762. The van der Waals surface area contributed by atoms with Crippen molar-refractivity contribution in [1.82, 2.24) is 10.6 Å². The first-order valence-electron chi connectivity index (χ1n) is 10.5. The summed E-state index contributed by atoms with van der Waals surface area (Å²) in [7, 11) is 0. The Morgan fingerprint density at radius 3 is 2.75 bits per heavy atom. The summed E-state index contributed by atoms with van der Waals surface area (Å²) in [6.07, 6.45) is 11.0. The van der Waals surface area contributed by atoms with Crippen LogP contribution in [0, 0.1) is 5.92 Å². The van der Waals surface area contributed by atoms with E-state index in [-0.39, 0.29) is 43.5 Å². The maximum absolute atomic E-state index is 13.0. The minimum absolute atomic E-state index is 0.0659. The summed E-state index contributed by atoms with van der Waals surface area (Å²) >= 11 is 0. The predicted molar refractivity (Wildman–Crippen MR) is 105 cm³/mol. The number of amides is 2. The number of hydrogen-bond donors (Lipinski definition) is 3. The van der Waals surface area contributed by atoms with Gasteiger partial charge in [0, 0.05) is 18.9 Å². The molecule has 0 aromatic heterocycles. The Hall–Kier alpha value is -1.89. The third-order valence-electron chi connectivity index (χ3n) is 5.53. The molecule has 1 aliphatic carbocycles. The molecular weight excluding hydrogens is 360 g/mol. The molecule has 7 nitrogen and oxygen atoms in total. The van der Waals surface area contributed by atoms with Gasteiger partial charge in [-0.15, -0.1) is 0 Å². The maximum atomic E-state index is 13.0. The number of nitrogens with one attached hydrogen (secondary N) is 2. The first-order valence-corrected chi connectivity index (χ1v) is 10.5. The normalized spacial score (nSPS) is 24.9. The number of rotatable bonds is 4. The van der Waals surface area contributed by atoms with Crippen molar-refractivity contribution in [2.75, 3.05) is 13.2 Å². The van der Waals surface area contributed by atoms with Crippen LogP contribution in [0.2, 0.25) is 0 Å². The van der Waals surface area contributed by atoms with E-state index >= 15 is 0 Å². The Bertz CT molecular complexity index is 569. The molecule has 2 aliphatic rings. The van der Waals surface area contributed by atoms with Crippen LogP contribution in [0.1, 0.15) is 71.1 Å². The molecule has 158 valence electrons. The first kappa shape index (κ1) is 22.4. The molecule has 7 heteroatoms. The number of hydrogen-bond acceptors (Lipinski definition) is 5. The van der Waals surface area contributed by atoms with Crippen LogP contribution in [0.4, 0.5) is 0 Å². The average molecular weight is 395 g/mol. The Labute approximate surface area is 167 Å². The highest BCUT2D eigenvalue weighted by Gasteiger charge is 2.38. The molecule has 2 atom stereocenters. The van der Waals surface area contributed by atoms with Crippen LogP contribution < -0.4 is 10.6 Å². The van der Waals surface area contributed by atoms with Crippen molar-refractivity contribution in [2.24, 2.45) is 5.92 Å². The van der Waals surface area contributed by atoms with Crippen molar-refractivity contribution in [3.63, 3.8) is 0 Å². The smallest absolute Gasteiger partial charge is 0.305 e. The fourth-order valence-electron chi connectivity index (χ4n) is 3.81. The Kier molecular flexibility index (Phi) is 8.96. The number of aliphatic hydroxyl groups is 1. The summed E-state index contributed by atoms with van der Waals surface area (Å²) in [5.41, 5.74) is -0.520. The topological polar surface area (TPSA) is 105 Å². The molecule has 3 N–H and O–H groups in total. The largest absolute Gasteiger partial charge is 0.463 e. The van der Waals surface area contributed by atoms with Gasteiger partial charge in [0.2, 0.25) is 11.8 Å². The molecule has 0 saturated heterocycles. The van der Waals surface area contributed by atoms with Gasteiger partial charge in [0.15, 0.2) is 0 Å². The number of ether oxygens (including phenoxy) is 1. The lowest BCUT2D eigenvalue weighted by atomic mass is 9.93. The van der Waals surface area contributed by atoms with E-state index < -0.39 is 11.5 Å². The SMILES string of the molecule is C[C@H](CO)NC(=O)C[C@H]1CC=CCCCCC(=O)OCC2(CCCC2)NC1=O. The number of cyclic esters (lactones) is 1. The lowest BCUT2D eigenvalue weighted by Crippen LogP contribution is -2.52. The van der Waals surface area contributed by atoms with E-state index in [4.69, 9.17) is 9.84 Å². The Morgan fingerprint density at radius 1 is 1.29 bits per heavy atom. The van der Waals surface area contributed by atoms with Gasteiger partial charge in [-0.05, 0) is 45.4 Å². The van der Waals surface area contributed by atoms with Gasteiger partial charge in [-0.1, -0.05) is 25.0 Å². The molecular formula is C21H34N2O5. The fourth-order valence-corrected chi connectivity index (χ4v) is 3.81. The zero-order chi connectivity index (χ0) is 20.4. The van der Waals surface area contributed by atoms with Crippen LogP contribution in [0.15, 0.2) is 12.2 Å². The van der Waals surface area contributed by atoms with E-state index in [0.29, 0.717) is 12.8 Å². The third-order valence-corrected chi connectivity index (χ3v) is 5.53. The quantitative estimate of drug-likeness (QED) is 0.500. The van der Waals surface area contributed by atoms with Gasteiger partial charge in [-0.25, -0.2) is 0 Å². The van der Waals surface area contributed by atoms with Crippen molar-refractivity contribution in [2.45, 2.75) is 82.7 Å². The molecule has 1 fully saturated rings. The number of esters is 1. The zero-order valence-electron chi connectivity index (χ0n) is 16.9. The van der Waals surface area contributed by atoms with Gasteiger partial charge in [-0.2, -0.15) is 0 Å². The second-order valence-corrected chi connectivity index (χ2v) is 8.14. The second-order valence-electron chi connectivity index (χ2n) is 8.14. The van der Waals surface area contributed by atoms with Crippen LogP contribution in [0.25, 0.3) is 0 Å². The number of carbonyl (C=O) groups excluding carboxylic acids is 3. The summed E-state index contributed by atoms with van der Waals surface area (Å²) in [5, 5.41) is 14.9.